The molecule has 1 aromatic heterocycles. The molecule has 0 bridgehead atoms. The molecule has 2 N–H and O–H groups in total. The summed E-state index contributed by atoms with van der Waals surface area (Å²) in [4.78, 5) is 21.8. The molecule has 6 nitrogen and oxygen atoms in total. The normalized spacial score (nSPS) is 15.6. The fraction of sp³-hybridized carbons (Fsp3) is 0.227. The second-order valence-electron chi connectivity index (χ2n) is 7.14. The summed E-state index contributed by atoms with van der Waals surface area (Å²) in [5.74, 6) is 1.49. The van der Waals surface area contributed by atoms with Crippen molar-refractivity contribution in [2.45, 2.75) is 19.8 Å². The zero-order valence-electron chi connectivity index (χ0n) is 16.2. The molecule has 0 aliphatic heterocycles. The lowest BCUT2D eigenvalue weighted by Gasteiger charge is -2.23. The van der Waals surface area contributed by atoms with Gasteiger partial charge >= 0.3 is 0 Å². The van der Waals surface area contributed by atoms with Crippen molar-refractivity contribution in [1.82, 2.24) is 9.97 Å². The van der Waals surface area contributed by atoms with Crippen LogP contribution in [0.25, 0.3) is 0 Å². The molecule has 0 spiro atoms. The number of aromatic nitrogens is 2. The Morgan fingerprint density at radius 2 is 1.62 bits per heavy atom. The maximum absolute atomic E-state index is 13.2. The fourth-order valence-corrected chi connectivity index (χ4v) is 3.39. The summed E-state index contributed by atoms with van der Waals surface area (Å²) in [6.07, 6.45) is 1.16. The number of fused-ring (bicyclic) bond motifs is 1. The first-order chi connectivity index (χ1) is 14.0. The molecule has 1 atom stereocenters. The average Bonchev–Trinajstić information content (AvgIpc) is 2.69. The highest BCUT2D eigenvalue weighted by atomic mass is 19.1. The highest BCUT2D eigenvalue weighted by molar-refractivity contribution is 6.03. The van der Waals surface area contributed by atoms with Crippen molar-refractivity contribution in [2.24, 2.45) is 5.92 Å². The van der Waals surface area contributed by atoms with Crippen LogP contribution >= 0.6 is 0 Å². The number of ketones is 1. The van der Waals surface area contributed by atoms with Crippen molar-refractivity contribution in [2.75, 3.05) is 17.7 Å². The van der Waals surface area contributed by atoms with Crippen LogP contribution in [0.3, 0.4) is 0 Å². The Bertz CT molecular complexity index is 1040. The van der Waals surface area contributed by atoms with Crippen molar-refractivity contribution >= 4 is 28.9 Å². The third kappa shape index (κ3) is 4.18. The molecular weight excluding hydrogens is 371 g/mol. The number of carbonyl (C=O) groups excluding carboxylic acids is 1. The average molecular weight is 392 g/mol. The zero-order chi connectivity index (χ0) is 20.4. The van der Waals surface area contributed by atoms with Crippen molar-refractivity contribution in [3.63, 3.8) is 0 Å². The molecule has 2 aromatic carbocycles. The van der Waals surface area contributed by atoms with Crippen LogP contribution in [0.1, 0.15) is 29.4 Å². The van der Waals surface area contributed by atoms with Gasteiger partial charge in [-0.25, -0.2) is 9.37 Å². The lowest BCUT2D eigenvalue weighted by Crippen LogP contribution is -2.22. The lowest BCUT2D eigenvalue weighted by molar-refractivity contribution is 0.0953. The van der Waals surface area contributed by atoms with Gasteiger partial charge in [0, 0.05) is 17.8 Å². The van der Waals surface area contributed by atoms with Crippen LogP contribution in [-0.4, -0.2) is 22.9 Å². The monoisotopic (exact) mass is 392 g/mol. The standard InChI is InChI=1S/C22H21FN4O2/c1-13-11-18-20(19(28)12-13)21(24-15-7-9-17(29-2)10-8-15)27-22(26-18)25-16-5-3-14(23)4-6-16/h3-10,13H,11-12H2,1-2H3,(H2,24,25,26,27). The number of ether oxygens (including phenoxy) is 1. The van der Waals surface area contributed by atoms with E-state index in [2.05, 4.69) is 20.6 Å². The summed E-state index contributed by atoms with van der Waals surface area (Å²) in [6, 6.07) is 13.3. The Morgan fingerprint density at radius 3 is 2.31 bits per heavy atom. The van der Waals surface area contributed by atoms with Crippen LogP contribution in [0, 0.1) is 11.7 Å². The summed E-state index contributed by atoms with van der Waals surface area (Å²) in [5, 5.41) is 6.33. The van der Waals surface area contributed by atoms with Crippen LogP contribution in [0.4, 0.5) is 27.5 Å². The first kappa shape index (κ1) is 18.9. The molecule has 0 radical (unpaired) electrons. The smallest absolute Gasteiger partial charge is 0.229 e. The predicted molar refractivity (Wildman–Crippen MR) is 110 cm³/mol. The molecule has 7 heteroatoms. The summed E-state index contributed by atoms with van der Waals surface area (Å²) >= 11 is 0. The van der Waals surface area contributed by atoms with E-state index >= 15 is 0 Å². The number of benzene rings is 2. The predicted octanol–water partition coefficient (Wildman–Crippen LogP) is 4.88. The number of anilines is 4. The van der Waals surface area contributed by atoms with Crippen LogP contribution in [-0.2, 0) is 6.42 Å². The molecule has 148 valence electrons. The maximum atomic E-state index is 13.2. The number of carbonyl (C=O) groups is 1. The highest BCUT2D eigenvalue weighted by Gasteiger charge is 2.28. The second-order valence-corrected chi connectivity index (χ2v) is 7.14. The quantitative estimate of drug-likeness (QED) is 0.645. The first-order valence-corrected chi connectivity index (χ1v) is 9.39. The van der Waals surface area contributed by atoms with Gasteiger partial charge in [-0.3, -0.25) is 4.79 Å². The SMILES string of the molecule is COc1ccc(Nc2nc(Nc3ccc(F)cc3)nc3c2C(=O)CC(C)C3)cc1. The minimum Gasteiger partial charge on any atom is -0.497 e. The van der Waals surface area contributed by atoms with Crippen molar-refractivity contribution in [3.05, 3.63) is 65.6 Å². The van der Waals surface area contributed by atoms with Crippen LogP contribution in [0.15, 0.2) is 48.5 Å². The number of nitrogens with one attached hydrogen (secondary N) is 2. The van der Waals surface area contributed by atoms with Gasteiger partial charge in [-0.15, -0.1) is 0 Å². The molecule has 1 heterocycles. The lowest BCUT2D eigenvalue weighted by atomic mass is 9.87. The minimum atomic E-state index is -0.316. The van der Waals surface area contributed by atoms with Gasteiger partial charge in [0.1, 0.15) is 17.4 Å². The number of Topliss-reactive ketones (excluding diaryl/α,β-unsaturated/α-hetero) is 1. The van der Waals surface area contributed by atoms with Crippen molar-refractivity contribution in [1.29, 1.82) is 0 Å². The first-order valence-electron chi connectivity index (χ1n) is 9.39. The Labute approximate surface area is 168 Å². The van der Waals surface area contributed by atoms with Gasteiger partial charge in [0.05, 0.1) is 18.4 Å². The maximum Gasteiger partial charge on any atom is 0.229 e. The van der Waals surface area contributed by atoms with Crippen LogP contribution < -0.4 is 15.4 Å². The summed E-state index contributed by atoms with van der Waals surface area (Å²) in [5.41, 5.74) is 2.69. The van der Waals surface area contributed by atoms with Crippen molar-refractivity contribution in [3.8, 4) is 5.75 Å². The van der Waals surface area contributed by atoms with Crippen LogP contribution in [0.5, 0.6) is 5.75 Å². The Morgan fingerprint density at radius 1 is 0.966 bits per heavy atom. The minimum absolute atomic E-state index is 0.0306. The summed E-state index contributed by atoms with van der Waals surface area (Å²) in [7, 11) is 1.61. The van der Waals surface area contributed by atoms with Crippen molar-refractivity contribution < 1.29 is 13.9 Å². The third-order valence-corrected chi connectivity index (χ3v) is 4.79. The highest BCUT2D eigenvalue weighted by Crippen LogP contribution is 2.32. The van der Waals surface area contributed by atoms with Gasteiger partial charge in [-0.1, -0.05) is 6.92 Å². The molecular formula is C22H21FN4O2. The van der Waals surface area contributed by atoms with E-state index in [1.807, 2.05) is 31.2 Å². The summed E-state index contributed by atoms with van der Waals surface area (Å²) < 4.78 is 18.4. The summed E-state index contributed by atoms with van der Waals surface area (Å²) in [6.45, 7) is 2.03. The van der Waals surface area contributed by atoms with Gasteiger partial charge in [0.15, 0.2) is 5.78 Å². The number of hydrogen-bond donors (Lipinski definition) is 2. The number of halogens is 1. The number of nitrogens with zero attached hydrogens (tertiary/aromatic N) is 2. The molecule has 3 aromatic rings. The molecule has 1 aliphatic rings. The van der Waals surface area contributed by atoms with Crippen LogP contribution in [0.2, 0.25) is 0 Å². The van der Waals surface area contributed by atoms with E-state index in [1.54, 1.807) is 19.2 Å². The number of methoxy groups -OCH3 is 1. The van der Waals surface area contributed by atoms with E-state index in [4.69, 9.17) is 4.74 Å². The molecule has 0 amide bonds. The molecule has 1 unspecified atom stereocenters. The van der Waals surface area contributed by atoms with Gasteiger partial charge in [-0.05, 0) is 60.9 Å². The van der Waals surface area contributed by atoms with Gasteiger partial charge in [0.2, 0.25) is 5.95 Å². The van der Waals surface area contributed by atoms with E-state index in [0.717, 1.165) is 11.4 Å². The fourth-order valence-electron chi connectivity index (χ4n) is 3.39. The molecule has 0 fully saturated rings. The molecule has 0 saturated carbocycles. The molecule has 4 rings (SSSR count). The van der Waals surface area contributed by atoms with E-state index in [-0.39, 0.29) is 17.5 Å². The van der Waals surface area contributed by atoms with E-state index in [0.29, 0.717) is 41.6 Å². The molecule has 0 saturated heterocycles. The molecule has 29 heavy (non-hydrogen) atoms. The van der Waals surface area contributed by atoms with Gasteiger partial charge < -0.3 is 15.4 Å². The Hall–Kier alpha value is -3.48. The van der Waals surface area contributed by atoms with Gasteiger partial charge in [-0.2, -0.15) is 4.98 Å². The Balaban J connectivity index is 1.71. The molecule has 1 aliphatic carbocycles. The number of hydrogen-bond acceptors (Lipinski definition) is 6. The van der Waals surface area contributed by atoms with E-state index in [9.17, 15) is 9.18 Å². The number of rotatable bonds is 5. The zero-order valence-corrected chi connectivity index (χ0v) is 16.2. The van der Waals surface area contributed by atoms with E-state index in [1.165, 1.54) is 12.1 Å². The third-order valence-electron chi connectivity index (χ3n) is 4.79. The topological polar surface area (TPSA) is 76.1 Å². The largest absolute Gasteiger partial charge is 0.497 e. The van der Waals surface area contributed by atoms with Gasteiger partial charge in [0.25, 0.3) is 0 Å². The second kappa shape index (κ2) is 7.87. The Kier molecular flexibility index (Phi) is 5.12. The van der Waals surface area contributed by atoms with E-state index < -0.39 is 0 Å².